The normalized spacial score (nSPS) is 23.0. The molecule has 1 atom stereocenters. The number of carbonyl (C=O) groups excluding carboxylic acids is 2. The Hall–Kier alpha value is -0.970. The summed E-state index contributed by atoms with van der Waals surface area (Å²) in [4.78, 5) is 21.5. The van der Waals surface area contributed by atoms with Gasteiger partial charge in [-0.3, -0.25) is 4.79 Å². The summed E-state index contributed by atoms with van der Waals surface area (Å²) >= 11 is 0. The minimum absolute atomic E-state index is 0.0361. The second kappa shape index (κ2) is 3.06. The molecule has 1 fully saturated rings. The van der Waals surface area contributed by atoms with Gasteiger partial charge < -0.3 is 10.5 Å². The molecule has 0 spiro atoms. The van der Waals surface area contributed by atoms with E-state index in [-0.39, 0.29) is 12.9 Å². The van der Waals surface area contributed by atoms with E-state index in [2.05, 4.69) is 4.74 Å². The van der Waals surface area contributed by atoms with Gasteiger partial charge in [-0.05, 0) is 19.8 Å². The van der Waals surface area contributed by atoms with Gasteiger partial charge in [-0.25, -0.2) is 9.18 Å². The molecule has 0 bridgehead atoms. The van der Waals surface area contributed by atoms with Gasteiger partial charge in [0.25, 0.3) is 5.67 Å². The molecule has 0 aromatic carbocycles. The van der Waals surface area contributed by atoms with Crippen molar-refractivity contribution in [3.8, 4) is 0 Å². The third-order valence-corrected chi connectivity index (χ3v) is 2.25. The fraction of sp³-hybridized carbons (Fsp3) is 0.750. The van der Waals surface area contributed by atoms with Crippen LogP contribution in [0, 0.1) is 0 Å². The standard InChI is InChI=1S/C8H12FNO3/c1-2-13-6(12)8(9,5-11)7(10)3-4-7/h5H,2-4,10H2,1H3. The number of hydrogen-bond donors (Lipinski definition) is 1. The SMILES string of the molecule is CCOC(=O)C(F)(C=O)C1(N)CC1. The Morgan fingerprint density at radius 1 is 1.77 bits per heavy atom. The number of ether oxygens (including phenoxy) is 1. The molecule has 0 heterocycles. The van der Waals surface area contributed by atoms with Crippen LogP contribution in [0.15, 0.2) is 0 Å². The van der Waals surface area contributed by atoms with Crippen molar-refractivity contribution in [3.63, 3.8) is 0 Å². The van der Waals surface area contributed by atoms with Crippen molar-refractivity contribution in [3.05, 3.63) is 0 Å². The Morgan fingerprint density at radius 2 is 2.31 bits per heavy atom. The average molecular weight is 189 g/mol. The van der Waals surface area contributed by atoms with Crippen LogP contribution in [-0.2, 0) is 14.3 Å². The van der Waals surface area contributed by atoms with E-state index in [4.69, 9.17) is 5.73 Å². The van der Waals surface area contributed by atoms with Crippen molar-refractivity contribution in [2.45, 2.75) is 31.0 Å². The summed E-state index contributed by atoms with van der Waals surface area (Å²) in [6, 6.07) is 0. The third kappa shape index (κ3) is 1.44. The summed E-state index contributed by atoms with van der Waals surface area (Å²) in [5.41, 5.74) is 1.46. The topological polar surface area (TPSA) is 69.4 Å². The zero-order valence-electron chi connectivity index (χ0n) is 7.38. The van der Waals surface area contributed by atoms with Crippen molar-refractivity contribution < 1.29 is 18.7 Å². The Morgan fingerprint density at radius 3 is 2.62 bits per heavy atom. The second-order valence-corrected chi connectivity index (χ2v) is 3.21. The summed E-state index contributed by atoms with van der Waals surface area (Å²) in [6.07, 6.45) is 0.611. The van der Waals surface area contributed by atoms with Gasteiger partial charge in [0, 0.05) is 0 Å². The molecule has 0 saturated heterocycles. The number of halogens is 1. The van der Waals surface area contributed by atoms with E-state index >= 15 is 0 Å². The Balaban J connectivity index is 2.80. The summed E-state index contributed by atoms with van der Waals surface area (Å²) in [5.74, 6) is -1.18. The molecule has 1 unspecified atom stereocenters. The summed E-state index contributed by atoms with van der Waals surface area (Å²) in [6.45, 7) is 1.58. The Labute approximate surface area is 75.2 Å². The zero-order chi connectivity index (χ0) is 10.1. The molecule has 74 valence electrons. The van der Waals surface area contributed by atoms with E-state index in [1.807, 2.05) is 0 Å². The van der Waals surface area contributed by atoms with Crippen LogP contribution in [0.25, 0.3) is 0 Å². The van der Waals surface area contributed by atoms with Crippen LogP contribution in [0.4, 0.5) is 4.39 Å². The van der Waals surface area contributed by atoms with Gasteiger partial charge in [0.2, 0.25) is 0 Å². The van der Waals surface area contributed by atoms with E-state index in [1.165, 1.54) is 0 Å². The Bertz CT molecular complexity index is 240. The highest BCUT2D eigenvalue weighted by Gasteiger charge is 2.63. The lowest BCUT2D eigenvalue weighted by Gasteiger charge is -2.22. The van der Waals surface area contributed by atoms with Crippen molar-refractivity contribution in [2.24, 2.45) is 5.73 Å². The zero-order valence-corrected chi connectivity index (χ0v) is 7.38. The number of aldehydes is 1. The quantitative estimate of drug-likeness (QED) is 0.382. The first kappa shape index (κ1) is 10.1. The van der Waals surface area contributed by atoms with Gasteiger partial charge in [0.15, 0.2) is 6.29 Å². The molecule has 0 aromatic heterocycles. The lowest BCUT2D eigenvalue weighted by atomic mass is 9.96. The minimum Gasteiger partial charge on any atom is -0.463 e. The number of rotatable bonds is 4. The number of nitrogens with two attached hydrogens (primary N) is 1. The highest BCUT2D eigenvalue weighted by Crippen LogP contribution is 2.44. The van der Waals surface area contributed by atoms with E-state index in [0.29, 0.717) is 12.8 Å². The predicted octanol–water partition coefficient (Wildman–Crippen LogP) is -0.0520. The summed E-state index contributed by atoms with van der Waals surface area (Å²) in [7, 11) is 0. The molecule has 1 rings (SSSR count). The highest BCUT2D eigenvalue weighted by molar-refractivity contribution is 5.99. The third-order valence-electron chi connectivity index (χ3n) is 2.25. The van der Waals surface area contributed by atoms with Gasteiger partial charge in [-0.1, -0.05) is 0 Å². The van der Waals surface area contributed by atoms with Crippen LogP contribution in [0.3, 0.4) is 0 Å². The summed E-state index contributed by atoms with van der Waals surface area (Å²) in [5, 5.41) is 0. The monoisotopic (exact) mass is 189 g/mol. The molecule has 0 amide bonds. The number of carbonyl (C=O) groups is 2. The first-order chi connectivity index (χ1) is 6.00. The predicted molar refractivity (Wildman–Crippen MR) is 42.7 cm³/mol. The van der Waals surface area contributed by atoms with E-state index in [0.717, 1.165) is 0 Å². The number of hydrogen-bond acceptors (Lipinski definition) is 4. The first-order valence-corrected chi connectivity index (χ1v) is 4.11. The van der Waals surface area contributed by atoms with Crippen LogP contribution in [0.2, 0.25) is 0 Å². The van der Waals surface area contributed by atoms with Gasteiger partial charge in [-0.15, -0.1) is 0 Å². The van der Waals surface area contributed by atoms with Gasteiger partial charge >= 0.3 is 5.97 Å². The molecular formula is C8H12FNO3. The summed E-state index contributed by atoms with van der Waals surface area (Å²) < 4.78 is 18.1. The molecule has 1 aliphatic carbocycles. The van der Waals surface area contributed by atoms with Crippen molar-refractivity contribution in [1.29, 1.82) is 0 Å². The molecule has 5 heteroatoms. The van der Waals surface area contributed by atoms with E-state index in [1.54, 1.807) is 6.92 Å². The lowest BCUT2D eigenvalue weighted by molar-refractivity contribution is -0.161. The van der Waals surface area contributed by atoms with Crippen molar-refractivity contribution in [1.82, 2.24) is 0 Å². The number of esters is 1. The van der Waals surface area contributed by atoms with E-state index in [9.17, 15) is 14.0 Å². The molecule has 4 nitrogen and oxygen atoms in total. The maximum absolute atomic E-state index is 13.7. The molecule has 0 aliphatic heterocycles. The molecule has 1 saturated carbocycles. The van der Waals surface area contributed by atoms with Crippen LogP contribution < -0.4 is 5.73 Å². The molecule has 1 aliphatic rings. The molecular weight excluding hydrogens is 177 g/mol. The average Bonchev–Trinajstić information content (AvgIpc) is 2.84. The molecule has 0 radical (unpaired) electrons. The maximum atomic E-state index is 13.7. The van der Waals surface area contributed by atoms with Crippen molar-refractivity contribution >= 4 is 12.3 Å². The fourth-order valence-corrected chi connectivity index (χ4v) is 1.10. The van der Waals surface area contributed by atoms with Crippen LogP contribution in [0.1, 0.15) is 19.8 Å². The van der Waals surface area contributed by atoms with Crippen LogP contribution in [-0.4, -0.2) is 30.1 Å². The van der Waals surface area contributed by atoms with Crippen molar-refractivity contribution in [2.75, 3.05) is 6.61 Å². The van der Waals surface area contributed by atoms with Crippen LogP contribution in [0.5, 0.6) is 0 Å². The Kier molecular flexibility index (Phi) is 2.38. The van der Waals surface area contributed by atoms with E-state index < -0.39 is 17.2 Å². The largest absolute Gasteiger partial charge is 0.463 e. The molecule has 0 aromatic rings. The van der Waals surface area contributed by atoms with Gasteiger partial charge in [0.1, 0.15) is 0 Å². The van der Waals surface area contributed by atoms with Gasteiger partial charge in [-0.2, -0.15) is 0 Å². The second-order valence-electron chi connectivity index (χ2n) is 3.21. The number of alkyl halides is 1. The van der Waals surface area contributed by atoms with Crippen LogP contribution >= 0.6 is 0 Å². The highest BCUT2D eigenvalue weighted by atomic mass is 19.1. The maximum Gasteiger partial charge on any atom is 0.353 e. The minimum atomic E-state index is -2.66. The first-order valence-electron chi connectivity index (χ1n) is 4.11. The van der Waals surface area contributed by atoms with Gasteiger partial charge in [0.05, 0.1) is 12.1 Å². The fourth-order valence-electron chi connectivity index (χ4n) is 1.10. The molecule has 2 N–H and O–H groups in total. The molecule has 13 heavy (non-hydrogen) atoms. The lowest BCUT2D eigenvalue weighted by Crippen LogP contribution is -2.54. The smallest absolute Gasteiger partial charge is 0.353 e.